The Hall–Kier alpha value is -2.19. The number of ketones is 1. The highest BCUT2D eigenvalue weighted by Gasteiger charge is 2.29. The lowest BCUT2D eigenvalue weighted by Gasteiger charge is -2.18. The first-order valence-corrected chi connectivity index (χ1v) is 8.67. The van der Waals surface area contributed by atoms with Crippen molar-refractivity contribution in [3.8, 4) is 0 Å². The normalized spacial score (nSPS) is 17.9. The van der Waals surface area contributed by atoms with Crippen molar-refractivity contribution >= 4 is 36.9 Å². The number of fused-ring (bicyclic) bond motifs is 3. The van der Waals surface area contributed by atoms with Crippen LogP contribution in [0.5, 0.6) is 0 Å². The molecule has 4 nitrogen and oxygen atoms in total. The van der Waals surface area contributed by atoms with E-state index in [4.69, 9.17) is 0 Å². The van der Waals surface area contributed by atoms with Gasteiger partial charge in [0.1, 0.15) is 0 Å². The Labute approximate surface area is 136 Å². The topological polar surface area (TPSA) is 53.2 Å². The molecule has 5 heteroatoms. The lowest BCUT2D eigenvalue weighted by molar-refractivity contribution is -0.114. The molecule has 1 N–H and O–H groups in total. The number of hydrogen-bond donors (Lipinski definition) is 1. The second-order valence-electron chi connectivity index (χ2n) is 6.02. The number of hydrogen-bond acceptors (Lipinski definition) is 2. The molecule has 0 saturated heterocycles. The van der Waals surface area contributed by atoms with Crippen molar-refractivity contribution in [1.82, 2.24) is 4.98 Å². The maximum Gasteiger partial charge on any atom is 0.258 e. The fourth-order valence-electron chi connectivity index (χ4n) is 3.32. The second kappa shape index (κ2) is 5.17. The van der Waals surface area contributed by atoms with Gasteiger partial charge in [-0.3, -0.25) is 9.59 Å². The number of carbonyl (C=O) groups excluding carboxylic acids is 2. The molecule has 1 atom stereocenters. The molecular weight excluding hydrogens is 307 g/mol. The molecule has 0 bridgehead atoms. The van der Waals surface area contributed by atoms with Gasteiger partial charge in [-0.05, 0) is 41.9 Å². The van der Waals surface area contributed by atoms with Crippen molar-refractivity contribution in [3.63, 3.8) is 0 Å². The highest BCUT2D eigenvalue weighted by Crippen LogP contribution is 2.44. The molecule has 4 rings (SSSR count). The van der Waals surface area contributed by atoms with Crippen LogP contribution >= 0.6 is 8.58 Å². The fourth-order valence-corrected chi connectivity index (χ4v) is 4.35. The molecule has 3 heterocycles. The molecule has 1 aromatic carbocycles. The number of H-pyrrole nitrogens is 1. The van der Waals surface area contributed by atoms with E-state index in [0.29, 0.717) is 20.8 Å². The molecule has 0 fully saturated rings. The largest absolute Gasteiger partial charge is 0.352 e. The summed E-state index contributed by atoms with van der Waals surface area (Å²) in [7, 11) is 0.424. The molecule has 2 aromatic rings. The minimum Gasteiger partial charge on any atom is -0.352 e. The average molecular weight is 324 g/mol. The molecule has 2 aliphatic rings. The third-order valence-corrected chi connectivity index (χ3v) is 5.73. The van der Waals surface area contributed by atoms with Crippen LogP contribution in [0.4, 0.5) is 5.69 Å². The second-order valence-corrected chi connectivity index (χ2v) is 7.52. The molecular formula is C18H17N2O2P. The van der Waals surface area contributed by atoms with Gasteiger partial charge in [0, 0.05) is 35.4 Å². The van der Waals surface area contributed by atoms with Crippen molar-refractivity contribution in [2.45, 2.75) is 19.8 Å². The van der Waals surface area contributed by atoms with E-state index in [2.05, 4.69) is 11.6 Å². The molecule has 2 aliphatic heterocycles. The fraction of sp³-hybridized carbons (Fsp3) is 0.222. The minimum atomic E-state index is 0.0247. The van der Waals surface area contributed by atoms with Gasteiger partial charge in [0.2, 0.25) is 0 Å². The van der Waals surface area contributed by atoms with E-state index >= 15 is 0 Å². The summed E-state index contributed by atoms with van der Waals surface area (Å²) in [6, 6.07) is 5.84. The Morgan fingerprint density at radius 2 is 2.17 bits per heavy atom. The van der Waals surface area contributed by atoms with E-state index < -0.39 is 0 Å². The summed E-state index contributed by atoms with van der Waals surface area (Å²) in [6.45, 7) is 6.22. The van der Waals surface area contributed by atoms with E-state index in [1.165, 1.54) is 0 Å². The summed E-state index contributed by atoms with van der Waals surface area (Å²) in [6.07, 6.45) is 3.65. The minimum absolute atomic E-state index is 0.0247. The van der Waals surface area contributed by atoms with Crippen molar-refractivity contribution in [2.24, 2.45) is 0 Å². The van der Waals surface area contributed by atoms with E-state index in [9.17, 15) is 9.59 Å². The monoisotopic (exact) mass is 324 g/mol. The van der Waals surface area contributed by atoms with E-state index in [-0.39, 0.29) is 11.7 Å². The maximum atomic E-state index is 12.8. The summed E-state index contributed by atoms with van der Waals surface area (Å²) in [5.41, 5.74) is 3.70. The summed E-state index contributed by atoms with van der Waals surface area (Å²) < 4.78 is 0. The number of nitrogens with zero attached hydrogens (tertiary/aromatic N) is 1. The zero-order valence-electron chi connectivity index (χ0n) is 12.9. The summed E-state index contributed by atoms with van der Waals surface area (Å²) in [4.78, 5) is 29.4. The Balaban J connectivity index is 1.74. The zero-order chi connectivity index (χ0) is 16.1. The number of rotatable bonds is 2. The van der Waals surface area contributed by atoms with Crippen LogP contribution in [0, 0.1) is 0 Å². The number of aromatic nitrogens is 1. The zero-order valence-corrected chi connectivity index (χ0v) is 13.9. The molecule has 116 valence electrons. The van der Waals surface area contributed by atoms with Gasteiger partial charge in [-0.15, -0.1) is 0 Å². The first kappa shape index (κ1) is 14.4. The predicted octanol–water partition coefficient (Wildman–Crippen LogP) is 3.74. The van der Waals surface area contributed by atoms with Crippen LogP contribution < -0.4 is 4.90 Å². The smallest absolute Gasteiger partial charge is 0.258 e. The first-order valence-electron chi connectivity index (χ1n) is 7.67. The number of aromatic amines is 1. The van der Waals surface area contributed by atoms with Crippen LogP contribution in [0.25, 0.3) is 10.9 Å². The molecule has 23 heavy (non-hydrogen) atoms. The van der Waals surface area contributed by atoms with Gasteiger partial charge in [0.05, 0.1) is 5.69 Å². The van der Waals surface area contributed by atoms with E-state index in [1.54, 1.807) is 6.92 Å². The predicted molar refractivity (Wildman–Crippen MR) is 94.5 cm³/mol. The standard InChI is InChI=1S/C18H17N2O2P/c1-10-3-6-17(23-10)18(22)20-8-7-12-13-9-15(11(2)21)19-14(13)4-5-16(12)20/h4-6,9,19,23H,1,3,7-8H2,2H3. The van der Waals surface area contributed by atoms with Gasteiger partial charge in [-0.25, -0.2) is 0 Å². The highest BCUT2D eigenvalue weighted by molar-refractivity contribution is 7.50. The first-order chi connectivity index (χ1) is 11.0. The molecule has 1 amide bonds. The van der Waals surface area contributed by atoms with Gasteiger partial charge < -0.3 is 9.88 Å². The van der Waals surface area contributed by atoms with Gasteiger partial charge in [0.25, 0.3) is 5.91 Å². The van der Waals surface area contributed by atoms with Crippen LogP contribution in [0.1, 0.15) is 29.4 Å². The van der Waals surface area contributed by atoms with E-state index in [0.717, 1.165) is 45.6 Å². The third kappa shape index (κ3) is 2.25. The summed E-state index contributed by atoms with van der Waals surface area (Å²) in [5.74, 6) is 0.124. The Morgan fingerprint density at radius 3 is 2.87 bits per heavy atom. The van der Waals surface area contributed by atoms with Crippen molar-refractivity contribution < 1.29 is 9.59 Å². The van der Waals surface area contributed by atoms with Gasteiger partial charge in [0.15, 0.2) is 5.78 Å². The van der Waals surface area contributed by atoms with Crippen LogP contribution in [-0.4, -0.2) is 23.2 Å². The molecule has 1 unspecified atom stereocenters. The number of nitrogens with one attached hydrogen (secondary N) is 1. The van der Waals surface area contributed by atoms with Crippen molar-refractivity contribution in [1.29, 1.82) is 0 Å². The number of Topliss-reactive ketones (excluding diaryl/α,β-unsaturated/α-hetero) is 1. The maximum absolute atomic E-state index is 12.8. The summed E-state index contributed by atoms with van der Waals surface area (Å²) >= 11 is 0. The number of amides is 1. The van der Waals surface area contributed by atoms with Crippen LogP contribution in [0.2, 0.25) is 0 Å². The Bertz CT molecular complexity index is 907. The van der Waals surface area contributed by atoms with Crippen molar-refractivity contribution in [2.75, 3.05) is 11.4 Å². The molecule has 1 aromatic heterocycles. The number of anilines is 1. The van der Waals surface area contributed by atoms with Gasteiger partial charge in [-0.2, -0.15) is 0 Å². The third-order valence-electron chi connectivity index (χ3n) is 4.49. The van der Waals surface area contributed by atoms with E-state index in [1.807, 2.05) is 29.2 Å². The Morgan fingerprint density at radius 1 is 1.35 bits per heavy atom. The summed E-state index contributed by atoms with van der Waals surface area (Å²) in [5, 5.41) is 3.05. The molecule has 0 radical (unpaired) electrons. The number of carbonyl (C=O) groups is 2. The average Bonchev–Trinajstić information content (AvgIpc) is 3.22. The van der Waals surface area contributed by atoms with Gasteiger partial charge in [-0.1, -0.05) is 21.2 Å². The highest BCUT2D eigenvalue weighted by atomic mass is 31.1. The Kier molecular flexibility index (Phi) is 3.24. The lowest BCUT2D eigenvalue weighted by atomic mass is 10.1. The van der Waals surface area contributed by atoms with Crippen LogP contribution in [-0.2, 0) is 11.2 Å². The SMILES string of the molecule is C=C1CC=C(C(=O)N2CCc3c2ccc2[nH]c(C(C)=O)cc32)P1. The van der Waals surface area contributed by atoms with Gasteiger partial charge >= 0.3 is 0 Å². The quantitative estimate of drug-likeness (QED) is 0.676. The molecule has 0 aliphatic carbocycles. The molecule has 0 saturated carbocycles. The molecule has 0 spiro atoms. The van der Waals surface area contributed by atoms with Crippen LogP contribution in [0.15, 0.2) is 41.5 Å². The van der Waals surface area contributed by atoms with Crippen LogP contribution in [0.3, 0.4) is 0 Å². The number of allylic oxidation sites excluding steroid dienone is 2. The van der Waals surface area contributed by atoms with Crippen molar-refractivity contribution in [3.05, 3.63) is 52.7 Å². The lowest BCUT2D eigenvalue weighted by Crippen LogP contribution is -2.28. The number of benzene rings is 1.